The van der Waals surface area contributed by atoms with Crippen LogP contribution in [0.1, 0.15) is 19.8 Å². The van der Waals surface area contributed by atoms with Crippen LogP contribution in [0.25, 0.3) is 0 Å². The van der Waals surface area contributed by atoms with Crippen LogP contribution in [-0.4, -0.2) is 44.4 Å². The van der Waals surface area contributed by atoms with Gasteiger partial charge in [-0.15, -0.1) is 0 Å². The van der Waals surface area contributed by atoms with Gasteiger partial charge in [-0.2, -0.15) is 0 Å². The summed E-state index contributed by atoms with van der Waals surface area (Å²) >= 11 is 0. The Hall–Kier alpha value is -0.650. The molecule has 0 aromatic heterocycles. The zero-order valence-electron chi connectivity index (χ0n) is 9.36. The second-order valence-electron chi connectivity index (χ2n) is 3.84. The number of nitrogens with one attached hydrogen (secondary N) is 1. The molecule has 0 radical (unpaired) electrons. The Morgan fingerprint density at radius 1 is 1.73 bits per heavy atom. The standard InChI is InChI=1S/C10H20N2O3/c1-7-9(3-4-15-7)12-10(13)5-8(6-11)14-2/h7-9H,3-6,11H2,1-2H3,(H,12,13). The molecule has 1 aliphatic rings. The zero-order valence-corrected chi connectivity index (χ0v) is 9.36. The Morgan fingerprint density at radius 2 is 2.47 bits per heavy atom. The maximum Gasteiger partial charge on any atom is 0.222 e. The molecule has 1 aliphatic heterocycles. The lowest BCUT2D eigenvalue weighted by atomic mass is 10.1. The van der Waals surface area contributed by atoms with Crippen LogP contribution in [-0.2, 0) is 14.3 Å². The number of rotatable bonds is 5. The summed E-state index contributed by atoms with van der Waals surface area (Å²) in [4.78, 5) is 11.6. The van der Waals surface area contributed by atoms with Crippen molar-refractivity contribution >= 4 is 5.91 Å². The minimum atomic E-state index is -0.192. The van der Waals surface area contributed by atoms with E-state index in [1.165, 1.54) is 0 Å². The fourth-order valence-corrected chi connectivity index (χ4v) is 1.66. The highest BCUT2D eigenvalue weighted by molar-refractivity contribution is 5.76. The maximum absolute atomic E-state index is 11.6. The second-order valence-corrected chi connectivity index (χ2v) is 3.84. The number of methoxy groups -OCH3 is 1. The highest BCUT2D eigenvalue weighted by atomic mass is 16.5. The van der Waals surface area contributed by atoms with Crippen LogP contribution in [0.2, 0.25) is 0 Å². The molecule has 0 aromatic carbocycles. The lowest BCUT2D eigenvalue weighted by Gasteiger charge is -2.18. The van der Waals surface area contributed by atoms with Gasteiger partial charge in [-0.25, -0.2) is 0 Å². The van der Waals surface area contributed by atoms with E-state index in [2.05, 4.69) is 5.32 Å². The predicted molar refractivity (Wildman–Crippen MR) is 56.4 cm³/mol. The molecule has 3 atom stereocenters. The summed E-state index contributed by atoms with van der Waals surface area (Å²) in [5.74, 6) is -0.0188. The van der Waals surface area contributed by atoms with Crippen LogP contribution >= 0.6 is 0 Å². The van der Waals surface area contributed by atoms with Crippen molar-refractivity contribution in [3.8, 4) is 0 Å². The minimum Gasteiger partial charge on any atom is -0.380 e. The summed E-state index contributed by atoms with van der Waals surface area (Å²) in [6.45, 7) is 3.05. The molecule has 0 aromatic rings. The average Bonchev–Trinajstić information content (AvgIpc) is 2.61. The van der Waals surface area contributed by atoms with E-state index in [-0.39, 0.29) is 24.2 Å². The maximum atomic E-state index is 11.6. The van der Waals surface area contributed by atoms with Gasteiger partial charge in [0.15, 0.2) is 0 Å². The molecule has 88 valence electrons. The monoisotopic (exact) mass is 216 g/mol. The van der Waals surface area contributed by atoms with E-state index in [4.69, 9.17) is 15.2 Å². The number of carbonyl (C=O) groups excluding carboxylic acids is 1. The molecule has 1 heterocycles. The Labute approximate surface area is 90.3 Å². The Morgan fingerprint density at radius 3 is 2.93 bits per heavy atom. The first kappa shape index (κ1) is 12.4. The first-order valence-electron chi connectivity index (χ1n) is 5.31. The van der Waals surface area contributed by atoms with Crippen LogP contribution in [0.4, 0.5) is 0 Å². The average molecular weight is 216 g/mol. The van der Waals surface area contributed by atoms with Crippen molar-refractivity contribution in [2.75, 3.05) is 20.3 Å². The second kappa shape index (κ2) is 6.05. The summed E-state index contributed by atoms with van der Waals surface area (Å²) in [7, 11) is 1.56. The molecule has 1 fully saturated rings. The molecule has 1 saturated heterocycles. The fraction of sp³-hybridized carbons (Fsp3) is 0.900. The third-order valence-electron chi connectivity index (χ3n) is 2.73. The molecule has 5 nitrogen and oxygen atoms in total. The fourth-order valence-electron chi connectivity index (χ4n) is 1.66. The molecule has 1 amide bonds. The third kappa shape index (κ3) is 3.77. The number of ether oxygens (including phenoxy) is 2. The van der Waals surface area contributed by atoms with Gasteiger partial charge in [0.1, 0.15) is 0 Å². The topological polar surface area (TPSA) is 73.6 Å². The van der Waals surface area contributed by atoms with Gasteiger partial charge < -0.3 is 20.5 Å². The van der Waals surface area contributed by atoms with E-state index in [1.54, 1.807) is 7.11 Å². The quantitative estimate of drug-likeness (QED) is 0.658. The lowest BCUT2D eigenvalue weighted by molar-refractivity contribution is -0.124. The SMILES string of the molecule is COC(CN)CC(=O)NC1CCOC1C. The first-order chi connectivity index (χ1) is 7.17. The summed E-state index contributed by atoms with van der Waals surface area (Å²) in [6, 6.07) is 0.132. The number of nitrogens with two attached hydrogens (primary N) is 1. The van der Waals surface area contributed by atoms with Gasteiger partial charge in [-0.05, 0) is 13.3 Å². The molecule has 1 rings (SSSR count). The number of amides is 1. The molecule has 3 N–H and O–H groups in total. The largest absolute Gasteiger partial charge is 0.380 e. The van der Waals surface area contributed by atoms with Crippen molar-refractivity contribution in [2.24, 2.45) is 5.73 Å². The van der Waals surface area contributed by atoms with E-state index in [0.717, 1.165) is 13.0 Å². The van der Waals surface area contributed by atoms with Crippen molar-refractivity contribution < 1.29 is 14.3 Å². The smallest absolute Gasteiger partial charge is 0.222 e. The van der Waals surface area contributed by atoms with Gasteiger partial charge in [0, 0.05) is 20.3 Å². The van der Waals surface area contributed by atoms with E-state index in [1.807, 2.05) is 6.92 Å². The van der Waals surface area contributed by atoms with Crippen molar-refractivity contribution in [1.82, 2.24) is 5.32 Å². The first-order valence-corrected chi connectivity index (χ1v) is 5.31. The highest BCUT2D eigenvalue weighted by Crippen LogP contribution is 2.12. The molecular formula is C10H20N2O3. The van der Waals surface area contributed by atoms with Crippen LogP contribution in [0, 0.1) is 0 Å². The summed E-state index contributed by atoms with van der Waals surface area (Å²) in [5.41, 5.74) is 5.44. The summed E-state index contributed by atoms with van der Waals surface area (Å²) < 4.78 is 10.4. The Bertz CT molecular complexity index is 207. The summed E-state index contributed by atoms with van der Waals surface area (Å²) in [6.07, 6.45) is 1.11. The van der Waals surface area contributed by atoms with Crippen molar-refractivity contribution in [3.63, 3.8) is 0 Å². The van der Waals surface area contributed by atoms with Gasteiger partial charge >= 0.3 is 0 Å². The predicted octanol–water partition coefficient (Wildman–Crippen LogP) is -0.356. The minimum absolute atomic E-state index is 0.0188. The van der Waals surface area contributed by atoms with Crippen molar-refractivity contribution in [2.45, 2.75) is 38.0 Å². The van der Waals surface area contributed by atoms with Crippen molar-refractivity contribution in [3.05, 3.63) is 0 Å². The normalized spacial score (nSPS) is 27.7. The zero-order chi connectivity index (χ0) is 11.3. The number of carbonyl (C=O) groups is 1. The Balaban J connectivity index is 2.28. The molecule has 0 bridgehead atoms. The molecule has 5 heteroatoms. The van der Waals surface area contributed by atoms with Gasteiger partial charge in [0.2, 0.25) is 5.91 Å². The lowest BCUT2D eigenvalue weighted by Crippen LogP contribution is -2.41. The van der Waals surface area contributed by atoms with Crippen LogP contribution in [0.15, 0.2) is 0 Å². The molecule has 0 saturated carbocycles. The molecule has 15 heavy (non-hydrogen) atoms. The van der Waals surface area contributed by atoms with E-state index >= 15 is 0 Å². The van der Waals surface area contributed by atoms with Crippen LogP contribution < -0.4 is 11.1 Å². The Kier molecular flexibility index (Phi) is 5.01. The van der Waals surface area contributed by atoms with Crippen LogP contribution in [0.5, 0.6) is 0 Å². The molecule has 3 unspecified atom stereocenters. The van der Waals surface area contributed by atoms with Crippen molar-refractivity contribution in [1.29, 1.82) is 0 Å². The highest BCUT2D eigenvalue weighted by Gasteiger charge is 2.26. The third-order valence-corrected chi connectivity index (χ3v) is 2.73. The molecule has 0 spiro atoms. The van der Waals surface area contributed by atoms with Gasteiger partial charge in [-0.1, -0.05) is 0 Å². The van der Waals surface area contributed by atoms with E-state index in [9.17, 15) is 4.79 Å². The number of hydrogen-bond donors (Lipinski definition) is 2. The van der Waals surface area contributed by atoms with E-state index in [0.29, 0.717) is 13.0 Å². The molecular weight excluding hydrogens is 196 g/mol. The van der Waals surface area contributed by atoms with E-state index < -0.39 is 0 Å². The van der Waals surface area contributed by atoms with Gasteiger partial charge in [0.05, 0.1) is 24.7 Å². The molecule has 0 aliphatic carbocycles. The van der Waals surface area contributed by atoms with Crippen LogP contribution in [0.3, 0.4) is 0 Å². The van der Waals surface area contributed by atoms with Gasteiger partial charge in [0.25, 0.3) is 0 Å². The number of hydrogen-bond acceptors (Lipinski definition) is 4. The van der Waals surface area contributed by atoms with Gasteiger partial charge in [-0.3, -0.25) is 4.79 Å². The summed E-state index contributed by atoms with van der Waals surface area (Å²) in [5, 5.41) is 2.93.